The molecule has 0 aliphatic heterocycles. The molecule has 152 valence electrons. The van der Waals surface area contributed by atoms with E-state index in [1.807, 2.05) is 6.07 Å². The number of rotatable bonds is 1. The zero-order valence-electron chi connectivity index (χ0n) is 17.1. The minimum Gasteiger partial charge on any atom is -0.431 e. The molecule has 0 aromatic carbocycles. The number of carbonyl (C=O) groups is 1. The Labute approximate surface area is 166 Å². The Morgan fingerprint density at radius 3 is 2.57 bits per heavy atom. The monoisotopic (exact) mass is 384 g/mol. The third-order valence-corrected chi connectivity index (χ3v) is 9.79. The summed E-state index contributed by atoms with van der Waals surface area (Å²) in [6.45, 7) is 4.68. The molecule has 1 unspecified atom stereocenters. The van der Waals surface area contributed by atoms with Crippen LogP contribution in [0.2, 0.25) is 0 Å². The van der Waals surface area contributed by atoms with Gasteiger partial charge in [0.15, 0.2) is 0 Å². The highest BCUT2D eigenvalue weighted by molar-refractivity contribution is 5.79. The normalized spacial score (nSPS) is 47.9. The van der Waals surface area contributed by atoms with Crippen LogP contribution in [0.3, 0.4) is 0 Å². The third-order valence-electron chi connectivity index (χ3n) is 9.79. The van der Waals surface area contributed by atoms with Gasteiger partial charge in [0.1, 0.15) is 5.78 Å². The summed E-state index contributed by atoms with van der Waals surface area (Å²) in [4.78, 5) is 23.5. The third kappa shape index (κ3) is 2.33. The molecule has 4 heteroatoms. The Morgan fingerprint density at radius 1 is 1.00 bits per heavy atom. The van der Waals surface area contributed by atoms with Gasteiger partial charge in [0.2, 0.25) is 0 Å². The van der Waals surface area contributed by atoms with E-state index in [1.54, 1.807) is 6.26 Å². The lowest BCUT2D eigenvalue weighted by atomic mass is 9.43. The first-order chi connectivity index (χ1) is 13.3. The van der Waals surface area contributed by atoms with E-state index in [9.17, 15) is 14.7 Å². The number of ketones is 1. The van der Waals surface area contributed by atoms with Crippen molar-refractivity contribution >= 4 is 5.78 Å². The molecule has 5 rings (SSSR count). The number of aliphatic hydroxyl groups is 1. The molecule has 0 bridgehead atoms. The van der Waals surface area contributed by atoms with E-state index in [2.05, 4.69) is 13.8 Å². The lowest BCUT2D eigenvalue weighted by molar-refractivity contribution is -0.200. The van der Waals surface area contributed by atoms with E-state index in [0.29, 0.717) is 23.5 Å². The zero-order chi connectivity index (χ0) is 19.7. The van der Waals surface area contributed by atoms with E-state index in [1.165, 1.54) is 6.07 Å². The average molecular weight is 385 g/mol. The van der Waals surface area contributed by atoms with Gasteiger partial charge in [-0.2, -0.15) is 0 Å². The van der Waals surface area contributed by atoms with Crippen LogP contribution in [-0.4, -0.2) is 16.5 Å². The van der Waals surface area contributed by atoms with E-state index in [4.69, 9.17) is 4.42 Å². The summed E-state index contributed by atoms with van der Waals surface area (Å²) in [7, 11) is 0. The second-order valence-corrected chi connectivity index (χ2v) is 10.6. The van der Waals surface area contributed by atoms with E-state index >= 15 is 0 Å². The summed E-state index contributed by atoms with van der Waals surface area (Å²) < 4.78 is 5.16. The molecule has 1 heterocycles. The van der Waals surface area contributed by atoms with Crippen molar-refractivity contribution in [3.8, 4) is 0 Å². The predicted octanol–water partition coefficient (Wildman–Crippen LogP) is 4.45. The van der Waals surface area contributed by atoms with Gasteiger partial charge in [0.05, 0.1) is 11.9 Å². The maximum Gasteiger partial charge on any atom is 0.335 e. The minimum atomic E-state index is -0.661. The maximum absolute atomic E-state index is 12.1. The van der Waals surface area contributed by atoms with Gasteiger partial charge in [-0.15, -0.1) is 0 Å². The number of hydrogen-bond acceptors (Lipinski definition) is 4. The Kier molecular flexibility index (Phi) is 4.01. The molecule has 0 amide bonds. The van der Waals surface area contributed by atoms with Gasteiger partial charge in [-0.3, -0.25) is 4.79 Å². The van der Waals surface area contributed by atoms with Gasteiger partial charge < -0.3 is 9.52 Å². The summed E-state index contributed by atoms with van der Waals surface area (Å²) in [5.41, 5.74) is 0.1000. The SMILES string of the molecule is C[C@]12CCC(=O)CC1CC[C@@H]1[C@@H]2CC[C@]2(C)[C@@H](c3ccc(=O)oc3)CC[C@]12O. The molecule has 4 aliphatic rings. The topological polar surface area (TPSA) is 67.5 Å². The fourth-order valence-electron chi connectivity index (χ4n) is 8.11. The first kappa shape index (κ1) is 18.6. The summed E-state index contributed by atoms with van der Waals surface area (Å²) in [6.07, 6.45) is 10.1. The standard InChI is InChI=1S/C24H32O4/c1-22-10-7-17(25)13-16(22)4-5-20-19(22)8-11-23(2)18(9-12-24(20,23)27)15-3-6-21(26)28-14-15/h3,6,14,16,18-20,27H,4-5,7-13H2,1-2H3/t16?,18-,19+,20-,22+,23-,24+/m1/s1. The average Bonchev–Trinajstić information content (AvgIpc) is 2.95. The summed E-state index contributed by atoms with van der Waals surface area (Å²) in [5, 5.41) is 12.1. The summed E-state index contributed by atoms with van der Waals surface area (Å²) in [5.74, 6) is 2.02. The van der Waals surface area contributed by atoms with Crippen molar-refractivity contribution in [2.45, 2.75) is 83.2 Å². The molecular formula is C24H32O4. The van der Waals surface area contributed by atoms with Crippen LogP contribution in [0.25, 0.3) is 0 Å². The first-order valence-corrected chi connectivity index (χ1v) is 11.1. The van der Waals surface area contributed by atoms with Crippen molar-refractivity contribution in [1.82, 2.24) is 0 Å². The van der Waals surface area contributed by atoms with Crippen molar-refractivity contribution in [3.63, 3.8) is 0 Å². The van der Waals surface area contributed by atoms with Crippen molar-refractivity contribution in [2.75, 3.05) is 0 Å². The van der Waals surface area contributed by atoms with E-state index in [-0.39, 0.29) is 22.4 Å². The number of Topliss-reactive ketones (excluding diaryl/α,β-unsaturated/α-hetero) is 1. The van der Waals surface area contributed by atoms with Gasteiger partial charge in [0, 0.05) is 24.3 Å². The van der Waals surface area contributed by atoms with Gasteiger partial charge in [0.25, 0.3) is 0 Å². The molecular weight excluding hydrogens is 352 g/mol. The van der Waals surface area contributed by atoms with Crippen LogP contribution in [0.5, 0.6) is 0 Å². The predicted molar refractivity (Wildman–Crippen MR) is 106 cm³/mol. The van der Waals surface area contributed by atoms with Crippen LogP contribution in [0.1, 0.15) is 83.1 Å². The lowest BCUT2D eigenvalue weighted by Crippen LogP contribution is -2.61. The lowest BCUT2D eigenvalue weighted by Gasteiger charge is -2.63. The molecule has 0 radical (unpaired) electrons. The maximum atomic E-state index is 12.1. The molecule has 4 saturated carbocycles. The van der Waals surface area contributed by atoms with Crippen molar-refractivity contribution < 1.29 is 14.3 Å². The van der Waals surface area contributed by atoms with Crippen molar-refractivity contribution in [3.05, 3.63) is 34.4 Å². The largest absolute Gasteiger partial charge is 0.431 e. The molecule has 1 aromatic rings. The Hall–Kier alpha value is -1.42. The van der Waals surface area contributed by atoms with Crippen LogP contribution >= 0.6 is 0 Å². The molecule has 0 saturated heterocycles. The van der Waals surface area contributed by atoms with E-state index < -0.39 is 5.60 Å². The van der Waals surface area contributed by atoms with Gasteiger partial charge in [-0.05, 0) is 85.7 Å². The minimum absolute atomic E-state index is 0.179. The summed E-state index contributed by atoms with van der Waals surface area (Å²) >= 11 is 0. The van der Waals surface area contributed by atoms with Gasteiger partial charge >= 0.3 is 5.63 Å². The molecule has 4 fully saturated rings. The fraction of sp³-hybridized carbons (Fsp3) is 0.750. The highest BCUT2D eigenvalue weighted by Crippen LogP contribution is 2.70. The van der Waals surface area contributed by atoms with Crippen molar-refractivity contribution in [1.29, 1.82) is 0 Å². The number of fused-ring (bicyclic) bond motifs is 5. The Morgan fingerprint density at radius 2 is 1.82 bits per heavy atom. The second kappa shape index (κ2) is 6.04. The van der Waals surface area contributed by atoms with Crippen LogP contribution < -0.4 is 5.63 Å². The Balaban J connectivity index is 1.49. The quantitative estimate of drug-likeness (QED) is 0.777. The Bertz CT molecular complexity index is 838. The van der Waals surface area contributed by atoms with Crippen LogP contribution in [0, 0.1) is 28.6 Å². The molecule has 4 nitrogen and oxygen atoms in total. The number of hydrogen-bond donors (Lipinski definition) is 1. The van der Waals surface area contributed by atoms with E-state index in [0.717, 1.165) is 63.4 Å². The molecule has 4 aliphatic carbocycles. The highest BCUT2D eigenvalue weighted by Gasteiger charge is 2.67. The zero-order valence-corrected chi connectivity index (χ0v) is 17.1. The number of carbonyl (C=O) groups excluding carboxylic acids is 1. The molecule has 1 N–H and O–H groups in total. The highest BCUT2D eigenvalue weighted by atomic mass is 16.4. The van der Waals surface area contributed by atoms with Gasteiger partial charge in [-0.1, -0.05) is 13.8 Å². The first-order valence-electron chi connectivity index (χ1n) is 11.1. The molecule has 1 aromatic heterocycles. The van der Waals surface area contributed by atoms with Crippen LogP contribution in [-0.2, 0) is 4.79 Å². The van der Waals surface area contributed by atoms with Gasteiger partial charge in [-0.25, -0.2) is 4.79 Å². The van der Waals surface area contributed by atoms with Crippen LogP contribution in [0.15, 0.2) is 27.6 Å². The smallest absolute Gasteiger partial charge is 0.335 e. The van der Waals surface area contributed by atoms with Crippen LogP contribution in [0.4, 0.5) is 0 Å². The molecule has 7 atom stereocenters. The molecule has 28 heavy (non-hydrogen) atoms. The molecule has 0 spiro atoms. The van der Waals surface area contributed by atoms with Crippen molar-refractivity contribution in [2.24, 2.45) is 28.6 Å². The fourth-order valence-corrected chi connectivity index (χ4v) is 8.11. The summed E-state index contributed by atoms with van der Waals surface area (Å²) in [6, 6.07) is 3.40. The second-order valence-electron chi connectivity index (χ2n) is 10.6.